The van der Waals surface area contributed by atoms with Crippen molar-refractivity contribution in [3.05, 3.63) is 40.4 Å². The zero-order valence-electron chi connectivity index (χ0n) is 14.7. The normalized spacial score (nSPS) is 14.0. The molecule has 2 aromatic rings. The Balaban J connectivity index is 1.35. The Bertz CT molecular complexity index is 714. The number of aryl methyl sites for hydroxylation is 1. The van der Waals surface area contributed by atoms with Crippen molar-refractivity contribution < 1.29 is 9.53 Å². The molecule has 0 unspecified atom stereocenters. The van der Waals surface area contributed by atoms with Crippen LogP contribution in [0, 0.1) is 6.92 Å². The van der Waals surface area contributed by atoms with Crippen LogP contribution in [0.15, 0.2) is 24.3 Å². The molecule has 25 heavy (non-hydrogen) atoms. The minimum Gasteiger partial charge on any atom is -0.494 e. The minimum atomic E-state index is -0.213. The number of aromatic nitrogens is 1. The quantitative estimate of drug-likeness (QED) is 0.777. The van der Waals surface area contributed by atoms with Gasteiger partial charge in [0.15, 0.2) is 5.13 Å². The van der Waals surface area contributed by atoms with Crippen molar-refractivity contribution in [3.63, 3.8) is 0 Å². The third-order valence-corrected chi connectivity index (χ3v) is 5.04. The van der Waals surface area contributed by atoms with Gasteiger partial charge in [0.05, 0.1) is 12.3 Å². The lowest BCUT2D eigenvalue weighted by Crippen LogP contribution is -2.30. The molecule has 0 bridgehead atoms. The van der Waals surface area contributed by atoms with E-state index >= 15 is 0 Å². The Morgan fingerprint density at radius 2 is 2.16 bits per heavy atom. The monoisotopic (exact) mass is 360 g/mol. The molecular formula is C18H24N4O2S. The Morgan fingerprint density at radius 3 is 2.96 bits per heavy atom. The number of hydrogen-bond acceptors (Lipinski definition) is 5. The molecule has 1 aliphatic rings. The van der Waals surface area contributed by atoms with Crippen LogP contribution in [0.25, 0.3) is 0 Å². The number of carbonyl (C=O) groups is 1. The standard InChI is InChI=1S/C18H24N4O2S/c1-13-4-6-14(7-5-13)24-11-3-9-19-17(23)21-18-20-15-8-10-22(2)12-16(15)25-18/h4-7H,3,8-12H2,1-2H3,(H2,19,20,21,23). The van der Waals surface area contributed by atoms with Crippen LogP contribution in [0.5, 0.6) is 5.75 Å². The number of nitrogens with one attached hydrogen (secondary N) is 2. The maximum absolute atomic E-state index is 12.0. The number of rotatable bonds is 6. The smallest absolute Gasteiger partial charge is 0.321 e. The van der Waals surface area contributed by atoms with Crippen LogP contribution in [-0.4, -0.2) is 42.7 Å². The SMILES string of the molecule is Cc1ccc(OCCCNC(=O)Nc2nc3c(s2)CN(C)CC3)cc1. The molecule has 1 aromatic carbocycles. The zero-order chi connectivity index (χ0) is 17.6. The van der Waals surface area contributed by atoms with Crippen LogP contribution in [0.3, 0.4) is 0 Å². The van der Waals surface area contributed by atoms with Gasteiger partial charge in [0.2, 0.25) is 0 Å². The third-order valence-electron chi connectivity index (χ3n) is 4.04. The van der Waals surface area contributed by atoms with Gasteiger partial charge in [-0.1, -0.05) is 17.7 Å². The first-order valence-electron chi connectivity index (χ1n) is 8.51. The molecule has 0 spiro atoms. The lowest BCUT2D eigenvalue weighted by molar-refractivity contribution is 0.250. The van der Waals surface area contributed by atoms with Crippen molar-refractivity contribution >= 4 is 22.5 Å². The molecule has 1 aliphatic heterocycles. The summed E-state index contributed by atoms with van der Waals surface area (Å²) in [5.74, 6) is 0.855. The average Bonchev–Trinajstić information content (AvgIpc) is 2.97. The molecule has 2 heterocycles. The summed E-state index contributed by atoms with van der Waals surface area (Å²) in [6.07, 6.45) is 1.70. The number of hydrogen-bond donors (Lipinski definition) is 2. The van der Waals surface area contributed by atoms with Crippen molar-refractivity contribution in [3.8, 4) is 5.75 Å². The molecule has 1 aromatic heterocycles. The Kier molecular flexibility index (Phi) is 5.88. The first kappa shape index (κ1) is 17.7. The predicted molar refractivity (Wildman–Crippen MR) is 100 cm³/mol. The van der Waals surface area contributed by atoms with E-state index in [2.05, 4.69) is 27.6 Å². The van der Waals surface area contributed by atoms with Crippen molar-refractivity contribution in [2.45, 2.75) is 26.3 Å². The van der Waals surface area contributed by atoms with E-state index in [0.717, 1.165) is 37.4 Å². The molecule has 0 saturated heterocycles. The van der Waals surface area contributed by atoms with Gasteiger partial charge in [-0.25, -0.2) is 9.78 Å². The van der Waals surface area contributed by atoms with E-state index in [0.29, 0.717) is 18.3 Å². The van der Waals surface area contributed by atoms with Crippen LogP contribution < -0.4 is 15.4 Å². The number of ether oxygens (including phenoxy) is 1. The van der Waals surface area contributed by atoms with E-state index in [1.807, 2.05) is 31.2 Å². The number of amides is 2. The van der Waals surface area contributed by atoms with Crippen LogP contribution in [-0.2, 0) is 13.0 Å². The summed E-state index contributed by atoms with van der Waals surface area (Å²) in [6, 6.07) is 7.74. The van der Waals surface area contributed by atoms with Gasteiger partial charge in [0, 0.05) is 30.9 Å². The second-order valence-electron chi connectivity index (χ2n) is 6.27. The van der Waals surface area contributed by atoms with Gasteiger partial charge in [0.1, 0.15) is 5.75 Å². The summed E-state index contributed by atoms with van der Waals surface area (Å²) < 4.78 is 5.64. The molecule has 0 radical (unpaired) electrons. The highest BCUT2D eigenvalue weighted by Gasteiger charge is 2.18. The topological polar surface area (TPSA) is 66.5 Å². The number of thiazole rings is 1. The Morgan fingerprint density at radius 1 is 1.36 bits per heavy atom. The molecule has 134 valence electrons. The van der Waals surface area contributed by atoms with E-state index in [1.165, 1.54) is 10.4 Å². The minimum absolute atomic E-state index is 0.213. The van der Waals surface area contributed by atoms with Gasteiger partial charge < -0.3 is 15.0 Å². The van der Waals surface area contributed by atoms with Crippen LogP contribution >= 0.6 is 11.3 Å². The van der Waals surface area contributed by atoms with Gasteiger partial charge in [-0.3, -0.25) is 5.32 Å². The summed E-state index contributed by atoms with van der Waals surface area (Å²) in [5, 5.41) is 6.34. The van der Waals surface area contributed by atoms with E-state index in [4.69, 9.17) is 4.74 Å². The molecule has 0 saturated carbocycles. The van der Waals surface area contributed by atoms with Crippen molar-refractivity contribution in [2.24, 2.45) is 0 Å². The second-order valence-corrected chi connectivity index (χ2v) is 7.36. The van der Waals surface area contributed by atoms with Gasteiger partial charge in [-0.2, -0.15) is 0 Å². The van der Waals surface area contributed by atoms with Crippen molar-refractivity contribution in [2.75, 3.05) is 32.1 Å². The van der Waals surface area contributed by atoms with Gasteiger partial charge in [-0.05, 0) is 32.5 Å². The van der Waals surface area contributed by atoms with E-state index in [-0.39, 0.29) is 6.03 Å². The number of urea groups is 1. The van der Waals surface area contributed by atoms with E-state index in [9.17, 15) is 4.79 Å². The second kappa shape index (κ2) is 8.31. The van der Waals surface area contributed by atoms with Crippen molar-refractivity contribution in [1.29, 1.82) is 0 Å². The zero-order valence-corrected chi connectivity index (χ0v) is 15.5. The molecule has 2 amide bonds. The molecule has 0 atom stereocenters. The maximum atomic E-state index is 12.0. The Labute approximate surface area is 152 Å². The number of anilines is 1. The van der Waals surface area contributed by atoms with Crippen molar-refractivity contribution in [1.82, 2.24) is 15.2 Å². The number of benzene rings is 1. The van der Waals surface area contributed by atoms with Gasteiger partial charge in [-0.15, -0.1) is 11.3 Å². The number of nitrogens with zero attached hydrogens (tertiary/aromatic N) is 2. The van der Waals surface area contributed by atoms with Gasteiger partial charge in [0.25, 0.3) is 0 Å². The highest BCUT2D eigenvalue weighted by atomic mass is 32.1. The third kappa shape index (κ3) is 5.17. The highest BCUT2D eigenvalue weighted by Crippen LogP contribution is 2.27. The number of likely N-dealkylation sites (N-methyl/N-ethyl adjacent to an activating group) is 1. The molecule has 2 N–H and O–H groups in total. The fraction of sp³-hybridized carbons (Fsp3) is 0.444. The summed E-state index contributed by atoms with van der Waals surface area (Å²) in [5.41, 5.74) is 2.33. The fourth-order valence-corrected chi connectivity index (χ4v) is 3.70. The predicted octanol–water partition coefficient (Wildman–Crippen LogP) is 3.03. The van der Waals surface area contributed by atoms with Gasteiger partial charge >= 0.3 is 6.03 Å². The molecule has 7 heteroatoms. The number of fused-ring (bicyclic) bond motifs is 1. The van der Waals surface area contributed by atoms with E-state index < -0.39 is 0 Å². The summed E-state index contributed by atoms with van der Waals surface area (Å²) >= 11 is 1.56. The summed E-state index contributed by atoms with van der Waals surface area (Å²) in [6.45, 7) is 5.10. The molecule has 0 fully saturated rings. The average molecular weight is 360 g/mol. The number of carbonyl (C=O) groups excluding carboxylic acids is 1. The van der Waals surface area contributed by atoms with Crippen LogP contribution in [0.4, 0.5) is 9.93 Å². The lowest BCUT2D eigenvalue weighted by Gasteiger charge is -2.20. The van der Waals surface area contributed by atoms with Crippen LogP contribution in [0.1, 0.15) is 22.6 Å². The van der Waals surface area contributed by atoms with E-state index in [1.54, 1.807) is 11.3 Å². The molecule has 3 rings (SSSR count). The fourth-order valence-electron chi connectivity index (χ4n) is 2.62. The summed E-state index contributed by atoms with van der Waals surface area (Å²) in [4.78, 5) is 20.0. The Hall–Kier alpha value is -2.12. The van der Waals surface area contributed by atoms with Crippen LogP contribution in [0.2, 0.25) is 0 Å². The molecule has 0 aliphatic carbocycles. The summed E-state index contributed by atoms with van der Waals surface area (Å²) in [7, 11) is 2.10. The maximum Gasteiger partial charge on any atom is 0.321 e. The highest BCUT2D eigenvalue weighted by molar-refractivity contribution is 7.15. The first-order valence-corrected chi connectivity index (χ1v) is 9.33. The largest absolute Gasteiger partial charge is 0.494 e. The lowest BCUT2D eigenvalue weighted by atomic mass is 10.2. The molecule has 6 nitrogen and oxygen atoms in total. The molecular weight excluding hydrogens is 336 g/mol. The first-order chi connectivity index (χ1) is 12.1.